The summed E-state index contributed by atoms with van der Waals surface area (Å²) in [5.41, 5.74) is 0.0726. The molecule has 3 aromatic rings. The van der Waals surface area contributed by atoms with Gasteiger partial charge in [0.15, 0.2) is 17.4 Å². The summed E-state index contributed by atoms with van der Waals surface area (Å²) in [6, 6.07) is 6.18. The summed E-state index contributed by atoms with van der Waals surface area (Å²) in [4.78, 5) is 18.5. The van der Waals surface area contributed by atoms with Gasteiger partial charge in [-0.3, -0.25) is 14.7 Å². The van der Waals surface area contributed by atoms with Gasteiger partial charge in [0.1, 0.15) is 24.8 Å². The van der Waals surface area contributed by atoms with Crippen molar-refractivity contribution < 1.29 is 42.0 Å². The van der Waals surface area contributed by atoms with E-state index in [0.29, 0.717) is 54.0 Å². The van der Waals surface area contributed by atoms with Gasteiger partial charge in [-0.15, -0.1) is 0 Å². The summed E-state index contributed by atoms with van der Waals surface area (Å²) >= 11 is 0. The first-order chi connectivity index (χ1) is 18.7. The van der Waals surface area contributed by atoms with E-state index in [9.17, 15) is 32.6 Å². The average molecular weight is 551 g/mol. The third kappa shape index (κ3) is 6.25. The zero-order chi connectivity index (χ0) is 28.2. The van der Waals surface area contributed by atoms with E-state index in [2.05, 4.69) is 4.98 Å². The van der Waals surface area contributed by atoms with Crippen molar-refractivity contribution >= 4 is 16.9 Å². The van der Waals surface area contributed by atoms with Gasteiger partial charge in [-0.25, -0.2) is 17.6 Å². The fourth-order valence-electron chi connectivity index (χ4n) is 5.14. The van der Waals surface area contributed by atoms with Gasteiger partial charge in [0, 0.05) is 35.8 Å². The summed E-state index contributed by atoms with van der Waals surface area (Å²) in [5.74, 6) is -4.42. The highest BCUT2D eigenvalue weighted by Gasteiger charge is 2.41. The van der Waals surface area contributed by atoms with Gasteiger partial charge >= 0.3 is 5.97 Å². The Hall–Kier alpha value is -3.44. The molecule has 2 N–H and O–H groups in total. The number of carboxylic acid groups (broad SMARTS) is 1. The largest absolute Gasteiger partial charge is 0.497 e. The zero-order valence-electron chi connectivity index (χ0n) is 21.4. The van der Waals surface area contributed by atoms with Crippen molar-refractivity contribution in [2.75, 3.05) is 33.4 Å². The first-order valence-corrected chi connectivity index (χ1v) is 12.6. The minimum atomic E-state index is -1.13. The number of pyridine rings is 1. The number of aliphatic hydroxyl groups is 1. The monoisotopic (exact) mass is 550 g/mol. The van der Waals surface area contributed by atoms with Crippen LogP contribution in [-0.4, -0.2) is 59.4 Å². The van der Waals surface area contributed by atoms with E-state index in [1.54, 1.807) is 18.2 Å². The second-order valence-corrected chi connectivity index (χ2v) is 9.74. The summed E-state index contributed by atoms with van der Waals surface area (Å²) in [7, 11) is 1.50. The maximum Gasteiger partial charge on any atom is 0.309 e. The predicted octanol–water partition coefficient (Wildman–Crippen LogP) is 5.19. The molecule has 0 amide bonds. The molecule has 2 heterocycles. The molecule has 0 bridgehead atoms. The number of aliphatic carboxylic acids is 1. The lowest BCUT2D eigenvalue weighted by atomic mass is 9.74. The van der Waals surface area contributed by atoms with Gasteiger partial charge in [-0.05, 0) is 62.5 Å². The molecule has 0 unspecified atom stereocenters. The highest BCUT2D eigenvalue weighted by molar-refractivity contribution is 5.85. The van der Waals surface area contributed by atoms with Crippen molar-refractivity contribution in [3.63, 3.8) is 0 Å². The molecular weight excluding hydrogens is 520 g/mol. The normalized spacial score (nSPS) is 16.3. The van der Waals surface area contributed by atoms with E-state index in [1.165, 1.54) is 13.3 Å². The van der Waals surface area contributed by atoms with Crippen LogP contribution in [-0.2, 0) is 11.5 Å². The van der Waals surface area contributed by atoms with E-state index in [4.69, 9.17) is 9.47 Å². The maximum absolute atomic E-state index is 13.8. The zero-order valence-corrected chi connectivity index (χ0v) is 21.4. The summed E-state index contributed by atoms with van der Waals surface area (Å²) < 4.78 is 64.9. The average Bonchev–Trinajstić information content (AvgIpc) is 2.92. The molecule has 0 saturated carbocycles. The van der Waals surface area contributed by atoms with Crippen LogP contribution in [0.3, 0.4) is 0 Å². The Morgan fingerprint density at radius 1 is 1.15 bits per heavy atom. The van der Waals surface area contributed by atoms with Crippen molar-refractivity contribution in [3.8, 4) is 11.5 Å². The number of piperidine rings is 1. The molecule has 2 aromatic carbocycles. The second kappa shape index (κ2) is 12.2. The van der Waals surface area contributed by atoms with E-state index in [-0.39, 0.29) is 37.9 Å². The van der Waals surface area contributed by atoms with Crippen LogP contribution in [0.1, 0.15) is 42.9 Å². The molecule has 1 aliphatic heterocycles. The SMILES string of the molecule is COc1ccc2ncc(CF)c([C@H](O)CCC3(C(=O)O)CCN(CCOc4c(F)cc(F)cc4F)CC3)c2c1. The molecule has 1 aliphatic rings. The number of carbonyl (C=O) groups is 1. The number of ether oxygens (including phenoxy) is 2. The number of halogens is 4. The summed E-state index contributed by atoms with van der Waals surface area (Å²) in [5, 5.41) is 21.7. The van der Waals surface area contributed by atoms with Crippen LogP contribution >= 0.6 is 0 Å². The number of hydrogen-bond acceptors (Lipinski definition) is 6. The van der Waals surface area contributed by atoms with Crippen LogP contribution in [0.25, 0.3) is 10.9 Å². The van der Waals surface area contributed by atoms with Gasteiger partial charge in [0.2, 0.25) is 0 Å². The van der Waals surface area contributed by atoms with E-state index in [1.807, 2.05) is 4.90 Å². The number of benzene rings is 2. The minimum Gasteiger partial charge on any atom is -0.497 e. The molecule has 1 atom stereocenters. The van der Waals surface area contributed by atoms with E-state index in [0.717, 1.165) is 0 Å². The van der Waals surface area contributed by atoms with Crippen molar-refractivity contribution in [2.24, 2.45) is 5.41 Å². The van der Waals surface area contributed by atoms with Gasteiger partial charge in [0.25, 0.3) is 0 Å². The van der Waals surface area contributed by atoms with Gasteiger partial charge in [-0.2, -0.15) is 0 Å². The maximum atomic E-state index is 13.8. The van der Waals surface area contributed by atoms with Crippen LogP contribution in [0, 0.1) is 22.9 Å². The fourth-order valence-corrected chi connectivity index (χ4v) is 5.14. The molecule has 1 aromatic heterocycles. The molecule has 210 valence electrons. The second-order valence-electron chi connectivity index (χ2n) is 9.74. The lowest BCUT2D eigenvalue weighted by Crippen LogP contribution is -2.45. The number of aliphatic hydroxyl groups excluding tert-OH is 1. The highest BCUT2D eigenvalue weighted by Crippen LogP contribution is 2.40. The molecular formula is C28H30F4N2O5. The van der Waals surface area contributed by atoms with Crippen molar-refractivity contribution in [1.29, 1.82) is 0 Å². The Labute approximate surface area is 223 Å². The third-order valence-electron chi connectivity index (χ3n) is 7.46. The molecule has 7 nitrogen and oxygen atoms in total. The summed E-state index contributed by atoms with van der Waals surface area (Å²) in [6.45, 7) is 0.179. The van der Waals surface area contributed by atoms with Gasteiger partial charge in [-0.1, -0.05) is 0 Å². The Bertz CT molecular complexity index is 1300. The number of likely N-dealkylation sites (tertiary alicyclic amines) is 1. The highest BCUT2D eigenvalue weighted by atomic mass is 19.1. The lowest BCUT2D eigenvalue weighted by Gasteiger charge is -2.39. The van der Waals surface area contributed by atoms with Crippen LogP contribution < -0.4 is 9.47 Å². The van der Waals surface area contributed by atoms with Crippen LogP contribution in [0.5, 0.6) is 11.5 Å². The molecule has 4 rings (SSSR count). The Balaban J connectivity index is 1.39. The minimum absolute atomic E-state index is 0.0666. The molecule has 0 radical (unpaired) electrons. The predicted molar refractivity (Wildman–Crippen MR) is 135 cm³/mol. The number of alkyl halides is 1. The standard InChI is InChI=1S/C28H30F4N2O5/c1-38-19-2-3-23-20(14-19)25(17(15-29)16-33-23)24(35)4-5-28(27(36)37)6-8-34(9-7-28)10-11-39-26-21(31)12-18(30)13-22(26)32/h2-3,12-14,16,24,35H,4-11,15H2,1H3,(H,36,37)/t24-/m1/s1. The van der Waals surface area contributed by atoms with Crippen LogP contribution in [0.2, 0.25) is 0 Å². The number of hydrogen-bond donors (Lipinski definition) is 2. The smallest absolute Gasteiger partial charge is 0.309 e. The first-order valence-electron chi connectivity index (χ1n) is 12.6. The molecule has 0 spiro atoms. The van der Waals surface area contributed by atoms with Crippen molar-refractivity contribution in [1.82, 2.24) is 9.88 Å². The molecule has 1 fully saturated rings. The third-order valence-corrected chi connectivity index (χ3v) is 7.46. The number of rotatable bonds is 11. The van der Waals surface area contributed by atoms with Gasteiger partial charge < -0.3 is 19.7 Å². The number of carboxylic acids is 1. The Morgan fingerprint density at radius 3 is 2.46 bits per heavy atom. The molecule has 0 aliphatic carbocycles. The Kier molecular flexibility index (Phi) is 8.91. The number of fused-ring (bicyclic) bond motifs is 1. The molecule has 1 saturated heterocycles. The van der Waals surface area contributed by atoms with Crippen molar-refractivity contribution in [2.45, 2.75) is 38.5 Å². The number of nitrogens with zero attached hydrogens (tertiary/aromatic N) is 2. The van der Waals surface area contributed by atoms with Crippen LogP contribution in [0.4, 0.5) is 17.6 Å². The summed E-state index contributed by atoms with van der Waals surface area (Å²) in [6.07, 6.45) is 1.10. The first kappa shape index (κ1) is 28.6. The molecule has 39 heavy (non-hydrogen) atoms. The number of aromatic nitrogens is 1. The van der Waals surface area contributed by atoms with Gasteiger partial charge in [0.05, 0.1) is 24.1 Å². The Morgan fingerprint density at radius 2 is 1.85 bits per heavy atom. The van der Waals surface area contributed by atoms with Crippen LogP contribution in [0.15, 0.2) is 36.5 Å². The van der Waals surface area contributed by atoms with E-state index >= 15 is 0 Å². The fraction of sp³-hybridized carbons (Fsp3) is 0.429. The van der Waals surface area contributed by atoms with E-state index < -0.39 is 47.4 Å². The topological polar surface area (TPSA) is 92.1 Å². The lowest BCUT2D eigenvalue weighted by molar-refractivity contribution is -0.153. The number of methoxy groups -OCH3 is 1. The van der Waals surface area contributed by atoms with Crippen molar-refractivity contribution in [3.05, 3.63) is 65.1 Å². The quantitative estimate of drug-likeness (QED) is 0.318. The molecule has 11 heteroatoms.